The van der Waals surface area contributed by atoms with E-state index in [4.69, 9.17) is 11.6 Å². The summed E-state index contributed by atoms with van der Waals surface area (Å²) in [6, 6.07) is 8.91. The lowest BCUT2D eigenvalue weighted by molar-refractivity contribution is 0.613. The van der Waals surface area contributed by atoms with Gasteiger partial charge in [0, 0.05) is 31.4 Å². The lowest BCUT2D eigenvalue weighted by atomic mass is 10.2. The van der Waals surface area contributed by atoms with Crippen LogP contribution in [0.4, 0.5) is 15.9 Å². The number of hydrogen-bond acceptors (Lipinski definition) is 3. The Kier molecular flexibility index (Phi) is 4.25. The molecule has 1 aromatic carbocycles. The van der Waals surface area contributed by atoms with Crippen LogP contribution in [0.15, 0.2) is 36.5 Å². The summed E-state index contributed by atoms with van der Waals surface area (Å²) >= 11 is 5.81. The van der Waals surface area contributed by atoms with Crippen LogP contribution >= 0.6 is 11.6 Å². The third-order valence-electron chi connectivity index (χ3n) is 3.69. The average molecular weight is 306 g/mol. The second-order valence-corrected chi connectivity index (χ2v) is 5.54. The van der Waals surface area contributed by atoms with Crippen molar-refractivity contribution >= 4 is 23.1 Å². The Labute approximate surface area is 128 Å². The van der Waals surface area contributed by atoms with E-state index in [-0.39, 0.29) is 10.8 Å². The molecule has 1 aromatic heterocycles. The Hall–Kier alpha value is -1.81. The highest BCUT2D eigenvalue weighted by molar-refractivity contribution is 6.30. The molecule has 1 N–H and O–H groups in total. The number of hydrogen-bond donors (Lipinski definition) is 1. The number of benzene rings is 1. The fourth-order valence-corrected chi connectivity index (χ4v) is 2.79. The van der Waals surface area contributed by atoms with Crippen LogP contribution in [0.5, 0.6) is 0 Å². The van der Waals surface area contributed by atoms with Gasteiger partial charge in [0.05, 0.1) is 10.7 Å². The zero-order chi connectivity index (χ0) is 14.7. The van der Waals surface area contributed by atoms with Crippen LogP contribution in [0.3, 0.4) is 0 Å². The Morgan fingerprint density at radius 1 is 1.19 bits per heavy atom. The van der Waals surface area contributed by atoms with Gasteiger partial charge in [-0.1, -0.05) is 23.7 Å². The molecule has 3 nitrogen and oxygen atoms in total. The Morgan fingerprint density at radius 3 is 2.81 bits per heavy atom. The van der Waals surface area contributed by atoms with E-state index in [9.17, 15) is 4.39 Å². The summed E-state index contributed by atoms with van der Waals surface area (Å²) in [5.74, 6) is 0.579. The van der Waals surface area contributed by atoms with Gasteiger partial charge in [0.15, 0.2) is 5.82 Å². The van der Waals surface area contributed by atoms with Gasteiger partial charge >= 0.3 is 0 Å². The first kappa shape index (κ1) is 14.1. The molecule has 0 radical (unpaired) electrons. The maximum absolute atomic E-state index is 13.9. The first-order chi connectivity index (χ1) is 10.3. The Bertz CT molecular complexity index is 627. The molecule has 5 heteroatoms. The van der Waals surface area contributed by atoms with Crippen LogP contribution in [-0.4, -0.2) is 18.1 Å². The second-order valence-electron chi connectivity index (χ2n) is 5.14. The van der Waals surface area contributed by atoms with Gasteiger partial charge in [-0.3, -0.25) is 0 Å². The standard InChI is InChI=1S/C16H17ClFN3/c17-13-6-3-5-12(15(13)18)11-20-14-7-4-8-19-16(14)21-9-1-2-10-21/h3-8,20H,1-2,9-11H2. The van der Waals surface area contributed by atoms with Crippen molar-refractivity contribution in [3.8, 4) is 0 Å². The largest absolute Gasteiger partial charge is 0.378 e. The molecule has 0 aliphatic carbocycles. The number of pyridine rings is 1. The SMILES string of the molecule is Fc1c(Cl)cccc1CNc1cccnc1N1CCCC1. The van der Waals surface area contributed by atoms with Crippen molar-refractivity contribution in [3.63, 3.8) is 0 Å². The number of nitrogens with zero attached hydrogens (tertiary/aromatic N) is 2. The molecule has 1 saturated heterocycles. The Morgan fingerprint density at radius 2 is 2.00 bits per heavy atom. The third kappa shape index (κ3) is 3.10. The van der Waals surface area contributed by atoms with Crippen LogP contribution in [0, 0.1) is 5.82 Å². The minimum absolute atomic E-state index is 0.153. The van der Waals surface area contributed by atoms with Crippen molar-refractivity contribution in [1.82, 2.24) is 4.98 Å². The van der Waals surface area contributed by atoms with E-state index in [0.29, 0.717) is 12.1 Å². The predicted molar refractivity (Wildman–Crippen MR) is 84.4 cm³/mol. The minimum Gasteiger partial charge on any atom is -0.378 e. The highest BCUT2D eigenvalue weighted by Crippen LogP contribution is 2.27. The van der Waals surface area contributed by atoms with Crippen LogP contribution < -0.4 is 10.2 Å². The van der Waals surface area contributed by atoms with Gasteiger partial charge in [0.25, 0.3) is 0 Å². The van der Waals surface area contributed by atoms with Crippen molar-refractivity contribution in [2.75, 3.05) is 23.3 Å². The van der Waals surface area contributed by atoms with E-state index in [1.54, 1.807) is 24.4 Å². The van der Waals surface area contributed by atoms with Gasteiger partial charge in [-0.25, -0.2) is 9.37 Å². The fraction of sp³-hybridized carbons (Fsp3) is 0.312. The van der Waals surface area contributed by atoms with Gasteiger partial charge in [-0.15, -0.1) is 0 Å². The molecule has 0 spiro atoms. The van der Waals surface area contributed by atoms with Crippen LogP contribution in [0.25, 0.3) is 0 Å². The summed E-state index contributed by atoms with van der Waals surface area (Å²) in [5.41, 5.74) is 1.48. The van der Waals surface area contributed by atoms with Gasteiger partial charge in [0.2, 0.25) is 0 Å². The third-order valence-corrected chi connectivity index (χ3v) is 3.99. The second kappa shape index (κ2) is 6.31. The highest BCUT2D eigenvalue weighted by Gasteiger charge is 2.17. The van der Waals surface area contributed by atoms with Crippen molar-refractivity contribution in [2.24, 2.45) is 0 Å². The number of halogens is 2. The van der Waals surface area contributed by atoms with E-state index >= 15 is 0 Å². The molecule has 110 valence electrons. The lowest BCUT2D eigenvalue weighted by Gasteiger charge is -2.20. The van der Waals surface area contributed by atoms with Crippen molar-refractivity contribution in [1.29, 1.82) is 0 Å². The summed E-state index contributed by atoms with van der Waals surface area (Å²) in [6.45, 7) is 2.44. The molecule has 1 aliphatic rings. The predicted octanol–water partition coefficient (Wildman–Crippen LogP) is 4.09. The summed E-state index contributed by atoms with van der Waals surface area (Å²) in [4.78, 5) is 6.72. The van der Waals surface area contributed by atoms with E-state index in [2.05, 4.69) is 15.2 Å². The molecule has 0 saturated carbocycles. The zero-order valence-corrected chi connectivity index (χ0v) is 12.4. The van der Waals surface area contributed by atoms with E-state index < -0.39 is 0 Å². The van der Waals surface area contributed by atoms with Gasteiger partial charge in [-0.2, -0.15) is 0 Å². The minimum atomic E-state index is -0.363. The molecule has 0 atom stereocenters. The van der Waals surface area contributed by atoms with Crippen LogP contribution in [-0.2, 0) is 6.54 Å². The first-order valence-corrected chi connectivity index (χ1v) is 7.50. The summed E-state index contributed by atoms with van der Waals surface area (Å²) in [7, 11) is 0. The fourth-order valence-electron chi connectivity index (χ4n) is 2.59. The summed E-state index contributed by atoms with van der Waals surface area (Å²) in [5, 5.41) is 3.42. The van der Waals surface area contributed by atoms with Gasteiger partial charge in [0.1, 0.15) is 5.82 Å². The monoisotopic (exact) mass is 305 g/mol. The molecular formula is C16H17ClFN3. The van der Waals surface area contributed by atoms with Crippen LogP contribution in [0.1, 0.15) is 18.4 Å². The number of anilines is 2. The normalized spacial score (nSPS) is 14.5. The van der Waals surface area contributed by atoms with E-state index in [1.165, 1.54) is 12.8 Å². The topological polar surface area (TPSA) is 28.2 Å². The van der Waals surface area contributed by atoms with Crippen molar-refractivity contribution < 1.29 is 4.39 Å². The van der Waals surface area contributed by atoms with Gasteiger partial charge < -0.3 is 10.2 Å². The highest BCUT2D eigenvalue weighted by atomic mass is 35.5. The number of nitrogens with one attached hydrogen (secondary N) is 1. The molecule has 2 heterocycles. The first-order valence-electron chi connectivity index (χ1n) is 7.12. The molecule has 0 amide bonds. The molecular weight excluding hydrogens is 289 g/mol. The average Bonchev–Trinajstić information content (AvgIpc) is 3.03. The molecule has 2 aromatic rings. The van der Waals surface area contributed by atoms with Crippen LogP contribution in [0.2, 0.25) is 5.02 Å². The molecule has 0 unspecified atom stereocenters. The zero-order valence-electron chi connectivity index (χ0n) is 11.6. The molecule has 0 bridgehead atoms. The maximum Gasteiger partial charge on any atom is 0.151 e. The van der Waals surface area contributed by atoms with E-state index in [1.807, 2.05) is 12.1 Å². The molecule has 1 aliphatic heterocycles. The Balaban J connectivity index is 1.77. The van der Waals surface area contributed by atoms with E-state index in [0.717, 1.165) is 24.6 Å². The smallest absolute Gasteiger partial charge is 0.151 e. The quantitative estimate of drug-likeness (QED) is 0.922. The van der Waals surface area contributed by atoms with Crippen molar-refractivity contribution in [2.45, 2.75) is 19.4 Å². The molecule has 21 heavy (non-hydrogen) atoms. The summed E-state index contributed by atoms with van der Waals surface area (Å²) in [6.07, 6.45) is 4.18. The van der Waals surface area contributed by atoms with Crippen molar-refractivity contribution in [3.05, 3.63) is 52.9 Å². The summed E-state index contributed by atoms with van der Waals surface area (Å²) < 4.78 is 13.9. The van der Waals surface area contributed by atoms with Gasteiger partial charge in [-0.05, 0) is 31.0 Å². The lowest BCUT2D eigenvalue weighted by Crippen LogP contribution is -2.20. The molecule has 1 fully saturated rings. The number of aromatic nitrogens is 1. The maximum atomic E-state index is 13.9. The number of rotatable bonds is 4. The molecule has 3 rings (SSSR count).